The minimum absolute atomic E-state index is 0.0151. The van der Waals surface area contributed by atoms with Crippen molar-refractivity contribution in [2.45, 2.75) is 32.6 Å². The van der Waals surface area contributed by atoms with Crippen molar-refractivity contribution in [1.82, 2.24) is 0 Å². The van der Waals surface area contributed by atoms with Crippen molar-refractivity contribution in [3.05, 3.63) is 71.9 Å². The minimum atomic E-state index is -3.02. The van der Waals surface area contributed by atoms with Crippen LogP contribution in [0.1, 0.15) is 43.1 Å². The molecule has 2 aliphatic heterocycles. The van der Waals surface area contributed by atoms with E-state index < -0.39 is 9.84 Å². The van der Waals surface area contributed by atoms with Crippen molar-refractivity contribution >= 4 is 27.0 Å². The lowest BCUT2D eigenvalue weighted by Gasteiger charge is -2.25. The summed E-state index contributed by atoms with van der Waals surface area (Å²) in [4.78, 5) is 15.1. The first-order valence-electron chi connectivity index (χ1n) is 10.0. The molecule has 2 aliphatic rings. The summed E-state index contributed by atoms with van der Waals surface area (Å²) in [5.74, 6) is 0.261. The Bertz CT molecular complexity index is 1090. The third-order valence-corrected chi connectivity index (χ3v) is 8.45. The van der Waals surface area contributed by atoms with E-state index in [0.717, 1.165) is 22.6 Å². The zero-order chi connectivity index (χ0) is 21.0. The van der Waals surface area contributed by atoms with Crippen LogP contribution in [0, 0.1) is 11.8 Å². The number of fused-ring (bicyclic) bond motifs is 1. The lowest BCUT2D eigenvalue weighted by molar-refractivity contribution is 0.0957. The monoisotopic (exact) mass is 409 g/mol. The Hall–Kier alpha value is -2.40. The number of carbonyl (C=O) groups excluding carboxylic acids is 1. The molecule has 152 valence electrons. The fraction of sp³-hybridized carbons (Fsp3) is 0.375. The molecule has 2 atom stereocenters. The summed E-state index contributed by atoms with van der Waals surface area (Å²) in [6, 6.07) is 15.9. The van der Waals surface area contributed by atoms with Crippen molar-refractivity contribution in [2.75, 3.05) is 16.4 Å². The number of anilines is 2. The summed E-state index contributed by atoms with van der Waals surface area (Å²) >= 11 is 0. The number of sulfone groups is 1. The third kappa shape index (κ3) is 3.42. The van der Waals surface area contributed by atoms with E-state index in [1.165, 1.54) is 0 Å². The predicted octanol–water partition coefficient (Wildman–Crippen LogP) is 4.88. The highest BCUT2D eigenvalue weighted by Crippen LogP contribution is 2.50. The number of carbonyl (C=O) groups is 1. The molecule has 0 aliphatic carbocycles. The van der Waals surface area contributed by atoms with E-state index in [-0.39, 0.29) is 41.0 Å². The van der Waals surface area contributed by atoms with Gasteiger partial charge in [-0.1, -0.05) is 45.5 Å². The summed E-state index contributed by atoms with van der Waals surface area (Å²) in [7, 11) is -3.02. The Morgan fingerprint density at radius 2 is 1.83 bits per heavy atom. The molecule has 0 unspecified atom stereocenters. The number of hydrogen-bond donors (Lipinski definition) is 0. The molecule has 0 spiro atoms. The predicted molar refractivity (Wildman–Crippen MR) is 117 cm³/mol. The fourth-order valence-corrected chi connectivity index (χ4v) is 6.88. The Balaban J connectivity index is 1.66. The minimum Gasteiger partial charge on any atom is -0.314 e. The van der Waals surface area contributed by atoms with Gasteiger partial charge in [0.25, 0.3) is 0 Å². The van der Waals surface area contributed by atoms with E-state index in [2.05, 4.69) is 37.5 Å². The van der Waals surface area contributed by atoms with Gasteiger partial charge in [0.2, 0.25) is 0 Å². The molecule has 2 aromatic carbocycles. The van der Waals surface area contributed by atoms with Crippen LogP contribution >= 0.6 is 0 Å². The van der Waals surface area contributed by atoms with Crippen LogP contribution in [0.3, 0.4) is 0 Å². The van der Waals surface area contributed by atoms with Crippen molar-refractivity contribution in [3.63, 3.8) is 0 Å². The fourth-order valence-electron chi connectivity index (χ4n) is 4.57. The van der Waals surface area contributed by atoms with Crippen LogP contribution in [0.5, 0.6) is 0 Å². The van der Waals surface area contributed by atoms with Crippen LogP contribution in [0.2, 0.25) is 0 Å². The van der Waals surface area contributed by atoms with Gasteiger partial charge in [-0.2, -0.15) is 0 Å². The van der Waals surface area contributed by atoms with Gasteiger partial charge >= 0.3 is 0 Å². The topological polar surface area (TPSA) is 54.5 Å². The highest BCUT2D eigenvalue weighted by atomic mass is 32.2. The quantitative estimate of drug-likeness (QED) is 0.675. The molecule has 0 amide bonds. The zero-order valence-electron chi connectivity index (χ0n) is 17.2. The average Bonchev–Trinajstić information content (AvgIpc) is 3.04. The van der Waals surface area contributed by atoms with E-state index >= 15 is 0 Å². The highest BCUT2D eigenvalue weighted by Gasteiger charge is 2.40. The van der Waals surface area contributed by atoms with Crippen LogP contribution in [0.15, 0.2) is 60.8 Å². The largest absolute Gasteiger partial charge is 0.314 e. The van der Waals surface area contributed by atoms with Crippen LogP contribution in [0.25, 0.3) is 0 Å². The van der Waals surface area contributed by atoms with E-state index in [1.54, 1.807) is 0 Å². The molecule has 0 radical (unpaired) electrons. The van der Waals surface area contributed by atoms with Gasteiger partial charge in [-0.05, 0) is 47.7 Å². The molecule has 29 heavy (non-hydrogen) atoms. The normalized spacial score (nSPS) is 24.5. The maximum Gasteiger partial charge on any atom is 0.163 e. The lowest BCUT2D eigenvalue weighted by atomic mass is 9.83. The molecule has 1 fully saturated rings. The Morgan fingerprint density at radius 3 is 2.45 bits per heavy atom. The Kier molecular flexibility index (Phi) is 4.69. The second kappa shape index (κ2) is 6.84. The summed E-state index contributed by atoms with van der Waals surface area (Å²) in [5.41, 5.74) is 4.48. The Labute approximate surface area is 173 Å². The van der Waals surface area contributed by atoms with E-state index in [1.807, 2.05) is 43.3 Å². The summed E-state index contributed by atoms with van der Waals surface area (Å²) in [6.07, 6.45) is 0.281. The summed E-state index contributed by atoms with van der Waals surface area (Å²) in [5, 5.41) is 0. The van der Waals surface area contributed by atoms with Crippen LogP contribution in [-0.2, 0) is 15.3 Å². The van der Waals surface area contributed by atoms with Crippen molar-refractivity contribution < 1.29 is 13.2 Å². The molecule has 0 aromatic heterocycles. The van der Waals surface area contributed by atoms with Gasteiger partial charge in [-0.3, -0.25) is 4.79 Å². The lowest BCUT2D eigenvalue weighted by Crippen LogP contribution is -2.21. The summed E-state index contributed by atoms with van der Waals surface area (Å²) in [6.45, 7) is 10.5. The molecule has 4 rings (SSSR count). The second-order valence-electron chi connectivity index (χ2n) is 8.92. The maximum absolute atomic E-state index is 13.0. The first kappa shape index (κ1) is 19.9. The number of para-hydroxylation sites is 1. The van der Waals surface area contributed by atoms with Gasteiger partial charge in [0.05, 0.1) is 11.5 Å². The molecule has 2 heterocycles. The molecule has 2 aromatic rings. The van der Waals surface area contributed by atoms with E-state index in [0.29, 0.717) is 5.56 Å². The molecule has 0 bridgehead atoms. The standard InChI is InChI=1S/C24H27NO3S/c1-16-14-29(27,28)15-19(16)13-23(26)18-10-11-22-21(12-18)24(3,4)17(2)25(22)20-8-6-5-7-9-20/h5-12,16,19H,2,13-15H2,1,3-4H3/t16-,19-/m1/s1. The number of nitrogens with zero attached hydrogens (tertiary/aromatic N) is 1. The number of benzene rings is 2. The zero-order valence-corrected chi connectivity index (χ0v) is 18.0. The molecular weight excluding hydrogens is 382 g/mol. The van der Waals surface area contributed by atoms with Gasteiger partial charge in [-0.15, -0.1) is 0 Å². The van der Waals surface area contributed by atoms with E-state index in [4.69, 9.17) is 0 Å². The van der Waals surface area contributed by atoms with Gasteiger partial charge in [-0.25, -0.2) is 8.42 Å². The molecule has 0 saturated carbocycles. The smallest absolute Gasteiger partial charge is 0.163 e. The van der Waals surface area contributed by atoms with Crippen LogP contribution in [0.4, 0.5) is 11.4 Å². The first-order valence-corrected chi connectivity index (χ1v) is 11.8. The van der Waals surface area contributed by atoms with Gasteiger partial charge in [0.15, 0.2) is 15.6 Å². The van der Waals surface area contributed by atoms with Gasteiger partial charge in [0.1, 0.15) is 0 Å². The maximum atomic E-state index is 13.0. The second-order valence-corrected chi connectivity index (χ2v) is 11.1. The van der Waals surface area contributed by atoms with Crippen molar-refractivity contribution in [3.8, 4) is 0 Å². The molecule has 5 heteroatoms. The number of rotatable bonds is 4. The van der Waals surface area contributed by atoms with Gasteiger partial charge in [0, 0.05) is 34.5 Å². The number of hydrogen-bond acceptors (Lipinski definition) is 4. The highest BCUT2D eigenvalue weighted by molar-refractivity contribution is 7.91. The molecule has 1 saturated heterocycles. The van der Waals surface area contributed by atoms with Gasteiger partial charge < -0.3 is 4.90 Å². The number of Topliss-reactive ketones (excluding diaryl/α,β-unsaturated/α-hetero) is 1. The summed E-state index contributed by atoms with van der Waals surface area (Å²) < 4.78 is 23.8. The first-order chi connectivity index (χ1) is 13.6. The SMILES string of the molecule is C=C1N(c2ccccc2)c2ccc(C(=O)C[C@@H]3CS(=O)(=O)C[C@H]3C)cc2C1(C)C. The van der Waals surface area contributed by atoms with Crippen molar-refractivity contribution in [2.24, 2.45) is 11.8 Å². The van der Waals surface area contributed by atoms with E-state index in [9.17, 15) is 13.2 Å². The third-order valence-electron chi connectivity index (χ3n) is 6.48. The Morgan fingerprint density at radius 1 is 1.14 bits per heavy atom. The van der Waals surface area contributed by atoms with Crippen LogP contribution in [-0.4, -0.2) is 25.7 Å². The number of ketones is 1. The number of allylic oxidation sites excluding steroid dienone is 1. The molecular formula is C24H27NO3S. The molecule has 0 N–H and O–H groups in total. The van der Waals surface area contributed by atoms with Crippen LogP contribution < -0.4 is 4.90 Å². The average molecular weight is 410 g/mol. The molecule has 4 nitrogen and oxygen atoms in total. The van der Waals surface area contributed by atoms with Crippen molar-refractivity contribution in [1.29, 1.82) is 0 Å².